The average Bonchev–Trinajstić information content (AvgIpc) is 2.53. The van der Waals surface area contributed by atoms with Crippen LogP contribution in [0.2, 0.25) is 0 Å². The highest BCUT2D eigenvalue weighted by molar-refractivity contribution is 7.88. The third-order valence-electron chi connectivity index (χ3n) is 5.63. The molecule has 124 valence electrons. The van der Waals surface area contributed by atoms with Gasteiger partial charge in [0.1, 0.15) is 0 Å². The second-order valence-corrected chi connectivity index (χ2v) is 8.86. The number of benzene rings is 1. The number of carbonyl (C=O) groups excluding carboxylic acids is 1. The van der Waals surface area contributed by atoms with E-state index in [1.165, 1.54) is 17.4 Å². The van der Waals surface area contributed by atoms with Crippen LogP contribution in [-0.2, 0) is 21.2 Å². The predicted molar refractivity (Wildman–Crippen MR) is 87.3 cm³/mol. The van der Waals surface area contributed by atoms with Gasteiger partial charge in [0.2, 0.25) is 15.9 Å². The van der Waals surface area contributed by atoms with Crippen LogP contribution in [0.1, 0.15) is 36.4 Å². The lowest BCUT2D eigenvalue weighted by Crippen LogP contribution is -2.59. The van der Waals surface area contributed by atoms with Crippen molar-refractivity contribution in [2.45, 2.75) is 37.8 Å². The Labute approximate surface area is 137 Å². The van der Waals surface area contributed by atoms with Gasteiger partial charge in [-0.3, -0.25) is 4.79 Å². The first-order chi connectivity index (χ1) is 11.0. The van der Waals surface area contributed by atoms with Gasteiger partial charge in [-0.2, -0.15) is 4.31 Å². The number of nitrogens with zero attached hydrogens (tertiary/aromatic N) is 2. The normalized spacial score (nSPS) is 31.3. The molecule has 0 bridgehead atoms. The van der Waals surface area contributed by atoms with Crippen molar-refractivity contribution < 1.29 is 13.2 Å². The number of carbonyl (C=O) groups is 1. The Morgan fingerprint density at radius 2 is 1.96 bits per heavy atom. The Morgan fingerprint density at radius 3 is 2.74 bits per heavy atom. The van der Waals surface area contributed by atoms with Crippen LogP contribution in [0, 0.1) is 5.92 Å². The SMILES string of the molecule is CS(=O)(=O)N1CCC[C@@H]2C(=O)N3CCc4ccccc4[C@@H]3C[C@@H]21. The van der Waals surface area contributed by atoms with Gasteiger partial charge >= 0.3 is 0 Å². The smallest absolute Gasteiger partial charge is 0.227 e. The summed E-state index contributed by atoms with van der Waals surface area (Å²) in [6.45, 7) is 1.30. The van der Waals surface area contributed by atoms with Crippen LogP contribution in [-0.4, -0.2) is 48.9 Å². The number of piperidine rings is 2. The van der Waals surface area contributed by atoms with Crippen LogP contribution < -0.4 is 0 Å². The van der Waals surface area contributed by atoms with Crippen molar-refractivity contribution >= 4 is 15.9 Å². The molecular weight excluding hydrogens is 312 g/mol. The Bertz CT molecular complexity index is 746. The molecule has 0 N–H and O–H groups in total. The van der Waals surface area contributed by atoms with Gasteiger partial charge in [-0.05, 0) is 36.8 Å². The van der Waals surface area contributed by atoms with Crippen LogP contribution in [0.15, 0.2) is 24.3 Å². The van der Waals surface area contributed by atoms with E-state index in [0.29, 0.717) is 6.54 Å². The fourth-order valence-corrected chi connectivity index (χ4v) is 5.80. The molecule has 0 spiro atoms. The van der Waals surface area contributed by atoms with Gasteiger partial charge in [0.15, 0.2) is 0 Å². The van der Waals surface area contributed by atoms with E-state index in [1.54, 1.807) is 4.31 Å². The summed E-state index contributed by atoms with van der Waals surface area (Å²) in [5.74, 6) is -0.0194. The maximum Gasteiger partial charge on any atom is 0.227 e. The van der Waals surface area contributed by atoms with E-state index < -0.39 is 10.0 Å². The number of sulfonamides is 1. The van der Waals surface area contributed by atoms with E-state index in [1.807, 2.05) is 17.0 Å². The molecule has 1 aromatic carbocycles. The molecule has 0 unspecified atom stereocenters. The maximum absolute atomic E-state index is 13.0. The van der Waals surface area contributed by atoms with Crippen molar-refractivity contribution in [3.05, 3.63) is 35.4 Å². The van der Waals surface area contributed by atoms with Crippen LogP contribution in [0.25, 0.3) is 0 Å². The fourth-order valence-electron chi connectivity index (χ4n) is 4.62. The minimum absolute atomic E-state index is 0.0241. The molecule has 0 radical (unpaired) electrons. The highest BCUT2D eigenvalue weighted by atomic mass is 32.2. The third kappa shape index (κ3) is 2.39. The summed E-state index contributed by atoms with van der Waals surface area (Å²) in [4.78, 5) is 15.0. The first-order valence-electron chi connectivity index (χ1n) is 8.32. The molecule has 1 amide bonds. The lowest BCUT2D eigenvalue weighted by atomic mass is 9.77. The van der Waals surface area contributed by atoms with Crippen molar-refractivity contribution in [1.82, 2.24) is 9.21 Å². The molecule has 6 heteroatoms. The zero-order valence-corrected chi connectivity index (χ0v) is 14.1. The molecule has 3 heterocycles. The van der Waals surface area contributed by atoms with E-state index in [-0.39, 0.29) is 23.9 Å². The molecule has 2 fully saturated rings. The molecule has 5 nitrogen and oxygen atoms in total. The largest absolute Gasteiger partial charge is 0.335 e. The molecule has 4 rings (SSSR count). The zero-order chi connectivity index (χ0) is 16.2. The Hall–Kier alpha value is -1.40. The van der Waals surface area contributed by atoms with Gasteiger partial charge in [0, 0.05) is 19.1 Å². The Kier molecular flexibility index (Phi) is 3.50. The van der Waals surface area contributed by atoms with Gasteiger partial charge in [0.05, 0.1) is 18.2 Å². The molecule has 3 atom stereocenters. The third-order valence-corrected chi connectivity index (χ3v) is 6.94. The van der Waals surface area contributed by atoms with Gasteiger partial charge in [-0.1, -0.05) is 24.3 Å². The van der Waals surface area contributed by atoms with Crippen molar-refractivity contribution in [1.29, 1.82) is 0 Å². The summed E-state index contributed by atoms with van der Waals surface area (Å²) < 4.78 is 25.9. The van der Waals surface area contributed by atoms with Crippen LogP contribution in [0.4, 0.5) is 0 Å². The standard InChI is InChI=1S/C17H22N2O3S/c1-23(21,22)19-9-4-7-14-16(19)11-15-13-6-3-2-5-12(13)8-10-18(15)17(14)20/h2-3,5-6,14-16H,4,7-11H2,1H3/t14-,15-,16-/m0/s1. The minimum Gasteiger partial charge on any atom is -0.335 e. The Morgan fingerprint density at radius 1 is 1.17 bits per heavy atom. The van der Waals surface area contributed by atoms with Crippen LogP contribution in [0.5, 0.6) is 0 Å². The zero-order valence-electron chi connectivity index (χ0n) is 13.3. The Balaban J connectivity index is 1.74. The molecule has 0 aromatic heterocycles. The molecule has 23 heavy (non-hydrogen) atoms. The monoisotopic (exact) mass is 334 g/mol. The first kappa shape index (κ1) is 15.1. The summed E-state index contributed by atoms with van der Waals surface area (Å²) in [5.41, 5.74) is 2.49. The molecule has 0 saturated carbocycles. The summed E-state index contributed by atoms with van der Waals surface area (Å²) in [6.07, 6.45) is 4.46. The molecule has 0 aliphatic carbocycles. The predicted octanol–water partition coefficient (Wildman–Crippen LogP) is 1.56. The number of amides is 1. The average molecular weight is 334 g/mol. The second-order valence-electron chi connectivity index (χ2n) is 6.92. The molecule has 1 aromatic rings. The molecule has 3 aliphatic rings. The molecule has 3 aliphatic heterocycles. The number of hydrogen-bond donors (Lipinski definition) is 0. The summed E-state index contributed by atoms with van der Waals surface area (Å²) in [7, 11) is -3.27. The van der Waals surface area contributed by atoms with Gasteiger partial charge in [-0.25, -0.2) is 8.42 Å². The summed E-state index contributed by atoms with van der Waals surface area (Å²) in [5, 5.41) is 0. The molecular formula is C17H22N2O3S. The summed E-state index contributed by atoms with van der Waals surface area (Å²) in [6, 6.07) is 8.10. The lowest BCUT2D eigenvalue weighted by Gasteiger charge is -2.50. The highest BCUT2D eigenvalue weighted by Gasteiger charge is 2.49. The van der Waals surface area contributed by atoms with Crippen molar-refractivity contribution in [3.63, 3.8) is 0 Å². The van der Waals surface area contributed by atoms with Gasteiger partial charge in [0.25, 0.3) is 0 Å². The van der Waals surface area contributed by atoms with E-state index in [4.69, 9.17) is 0 Å². The van der Waals surface area contributed by atoms with Crippen molar-refractivity contribution in [3.8, 4) is 0 Å². The number of fused-ring (bicyclic) bond motifs is 4. The number of rotatable bonds is 1. The van der Waals surface area contributed by atoms with E-state index in [2.05, 4.69) is 12.1 Å². The van der Waals surface area contributed by atoms with Crippen molar-refractivity contribution in [2.24, 2.45) is 5.92 Å². The first-order valence-corrected chi connectivity index (χ1v) is 10.2. The number of hydrogen-bond acceptors (Lipinski definition) is 3. The van der Waals surface area contributed by atoms with Gasteiger partial charge < -0.3 is 4.90 Å². The fraction of sp³-hybridized carbons (Fsp3) is 0.588. The topological polar surface area (TPSA) is 57.7 Å². The molecule has 2 saturated heterocycles. The maximum atomic E-state index is 13.0. The van der Waals surface area contributed by atoms with Crippen LogP contribution in [0.3, 0.4) is 0 Å². The van der Waals surface area contributed by atoms with E-state index >= 15 is 0 Å². The highest BCUT2D eigenvalue weighted by Crippen LogP contribution is 2.43. The second kappa shape index (κ2) is 5.31. The van der Waals surface area contributed by atoms with E-state index in [9.17, 15) is 13.2 Å². The quantitative estimate of drug-likeness (QED) is 0.783. The van der Waals surface area contributed by atoms with E-state index in [0.717, 1.165) is 32.2 Å². The van der Waals surface area contributed by atoms with Crippen LogP contribution >= 0.6 is 0 Å². The lowest BCUT2D eigenvalue weighted by molar-refractivity contribution is -0.147. The minimum atomic E-state index is -3.27. The summed E-state index contributed by atoms with van der Waals surface area (Å²) >= 11 is 0. The van der Waals surface area contributed by atoms with Gasteiger partial charge in [-0.15, -0.1) is 0 Å². The van der Waals surface area contributed by atoms with Crippen molar-refractivity contribution in [2.75, 3.05) is 19.3 Å².